The number of carboxylic acids is 1. The molecule has 1 amide bonds. The molecule has 0 spiro atoms. The molecule has 0 saturated heterocycles. The molecule has 0 saturated carbocycles. The SMILES string of the molecule is CC(CC(=O)O)C(=O)N(C)c1ccc(Cl)s1. The molecule has 16 heavy (non-hydrogen) atoms. The summed E-state index contributed by atoms with van der Waals surface area (Å²) in [5.74, 6) is -1.73. The summed E-state index contributed by atoms with van der Waals surface area (Å²) in [6.45, 7) is 1.60. The van der Waals surface area contributed by atoms with Crippen LogP contribution < -0.4 is 4.90 Å². The molecule has 1 atom stereocenters. The monoisotopic (exact) mass is 261 g/mol. The third kappa shape index (κ3) is 3.21. The fraction of sp³-hybridized carbons (Fsp3) is 0.400. The first-order valence-corrected chi connectivity index (χ1v) is 5.86. The largest absolute Gasteiger partial charge is 0.481 e. The lowest BCUT2D eigenvalue weighted by atomic mass is 10.1. The number of amides is 1. The van der Waals surface area contributed by atoms with E-state index in [0.29, 0.717) is 9.34 Å². The fourth-order valence-electron chi connectivity index (χ4n) is 1.27. The first-order valence-electron chi connectivity index (χ1n) is 4.66. The second-order valence-electron chi connectivity index (χ2n) is 3.47. The molecule has 1 aromatic rings. The average molecular weight is 262 g/mol. The van der Waals surface area contributed by atoms with Gasteiger partial charge in [-0.25, -0.2) is 0 Å². The number of anilines is 1. The zero-order chi connectivity index (χ0) is 12.3. The van der Waals surface area contributed by atoms with Crippen LogP contribution in [0.25, 0.3) is 0 Å². The summed E-state index contributed by atoms with van der Waals surface area (Å²) < 4.78 is 0.598. The second-order valence-corrected chi connectivity index (χ2v) is 5.17. The van der Waals surface area contributed by atoms with Gasteiger partial charge in [-0.3, -0.25) is 9.59 Å². The molecular formula is C10H12ClNO3S. The Balaban J connectivity index is 2.70. The number of carboxylic acid groups (broad SMARTS) is 1. The van der Waals surface area contributed by atoms with Crippen molar-refractivity contribution in [3.8, 4) is 0 Å². The zero-order valence-corrected chi connectivity index (χ0v) is 10.5. The predicted molar refractivity (Wildman–Crippen MR) is 64.2 cm³/mol. The van der Waals surface area contributed by atoms with Crippen molar-refractivity contribution < 1.29 is 14.7 Å². The van der Waals surface area contributed by atoms with Crippen LogP contribution in [0.4, 0.5) is 5.00 Å². The van der Waals surface area contributed by atoms with Gasteiger partial charge in [0.15, 0.2) is 0 Å². The van der Waals surface area contributed by atoms with E-state index in [0.717, 1.165) is 0 Å². The van der Waals surface area contributed by atoms with Gasteiger partial charge in [-0.2, -0.15) is 0 Å². The molecule has 0 aliphatic carbocycles. The number of hydrogen-bond donors (Lipinski definition) is 1. The smallest absolute Gasteiger partial charge is 0.304 e. The van der Waals surface area contributed by atoms with Crippen LogP contribution >= 0.6 is 22.9 Å². The topological polar surface area (TPSA) is 57.6 Å². The van der Waals surface area contributed by atoms with Gasteiger partial charge in [0.25, 0.3) is 0 Å². The highest BCUT2D eigenvalue weighted by atomic mass is 35.5. The van der Waals surface area contributed by atoms with Gasteiger partial charge in [0.05, 0.1) is 15.8 Å². The third-order valence-electron chi connectivity index (χ3n) is 2.12. The number of thiophene rings is 1. The highest BCUT2D eigenvalue weighted by molar-refractivity contribution is 7.20. The van der Waals surface area contributed by atoms with Crippen LogP contribution in [0.3, 0.4) is 0 Å². The van der Waals surface area contributed by atoms with Gasteiger partial charge >= 0.3 is 5.97 Å². The van der Waals surface area contributed by atoms with Gasteiger partial charge in [0.2, 0.25) is 5.91 Å². The molecule has 4 nitrogen and oxygen atoms in total. The number of hydrogen-bond acceptors (Lipinski definition) is 3. The fourth-order valence-corrected chi connectivity index (χ4v) is 2.27. The maximum absolute atomic E-state index is 11.8. The summed E-state index contributed by atoms with van der Waals surface area (Å²) in [5, 5.41) is 9.32. The van der Waals surface area contributed by atoms with Crippen molar-refractivity contribution in [2.24, 2.45) is 5.92 Å². The number of aliphatic carboxylic acids is 1. The molecule has 1 aromatic heterocycles. The van der Waals surface area contributed by atoms with Crippen LogP contribution in [0.5, 0.6) is 0 Å². The van der Waals surface area contributed by atoms with E-state index in [4.69, 9.17) is 16.7 Å². The molecule has 1 rings (SSSR count). The maximum Gasteiger partial charge on any atom is 0.304 e. The van der Waals surface area contributed by atoms with Crippen LogP contribution in [-0.2, 0) is 9.59 Å². The number of halogens is 1. The Labute approximate surface area is 102 Å². The van der Waals surface area contributed by atoms with Gasteiger partial charge in [0.1, 0.15) is 0 Å². The van der Waals surface area contributed by atoms with Gasteiger partial charge in [-0.15, -0.1) is 11.3 Å². The van der Waals surface area contributed by atoms with Crippen molar-refractivity contribution in [2.45, 2.75) is 13.3 Å². The summed E-state index contributed by atoms with van der Waals surface area (Å²) in [7, 11) is 1.61. The van der Waals surface area contributed by atoms with Crippen molar-refractivity contribution in [1.29, 1.82) is 0 Å². The number of carbonyl (C=O) groups is 2. The Morgan fingerprint density at radius 2 is 2.19 bits per heavy atom. The highest BCUT2D eigenvalue weighted by Crippen LogP contribution is 2.29. The van der Waals surface area contributed by atoms with E-state index in [1.54, 1.807) is 26.1 Å². The first-order chi connectivity index (χ1) is 7.41. The molecule has 1 heterocycles. The normalized spacial score (nSPS) is 12.2. The van der Waals surface area contributed by atoms with Crippen molar-refractivity contribution >= 4 is 39.8 Å². The second kappa shape index (κ2) is 5.32. The van der Waals surface area contributed by atoms with Crippen LogP contribution in [0.1, 0.15) is 13.3 Å². The molecule has 0 aromatic carbocycles. The summed E-state index contributed by atoms with van der Waals surface area (Å²) >= 11 is 7.04. The van der Waals surface area contributed by atoms with Crippen molar-refractivity contribution in [3.05, 3.63) is 16.5 Å². The van der Waals surface area contributed by atoms with Gasteiger partial charge in [-0.05, 0) is 12.1 Å². The molecule has 6 heteroatoms. The maximum atomic E-state index is 11.8. The Morgan fingerprint density at radius 1 is 1.56 bits per heavy atom. The standard InChI is InChI=1S/C10H12ClNO3S/c1-6(5-9(13)14)10(15)12(2)8-4-3-7(11)16-8/h3-4,6H,5H2,1-2H3,(H,13,14). The van der Waals surface area contributed by atoms with E-state index in [9.17, 15) is 9.59 Å². The highest BCUT2D eigenvalue weighted by Gasteiger charge is 2.21. The van der Waals surface area contributed by atoms with Crippen LogP contribution in [0.15, 0.2) is 12.1 Å². The van der Waals surface area contributed by atoms with Crippen LogP contribution in [0, 0.1) is 5.92 Å². The van der Waals surface area contributed by atoms with Crippen molar-refractivity contribution in [2.75, 3.05) is 11.9 Å². The van der Waals surface area contributed by atoms with E-state index < -0.39 is 11.9 Å². The zero-order valence-electron chi connectivity index (χ0n) is 8.94. The lowest BCUT2D eigenvalue weighted by molar-refractivity contribution is -0.140. The van der Waals surface area contributed by atoms with Gasteiger partial charge in [-0.1, -0.05) is 18.5 Å². The Kier molecular flexibility index (Phi) is 4.32. The third-order valence-corrected chi connectivity index (χ3v) is 3.43. The lowest BCUT2D eigenvalue weighted by Crippen LogP contribution is -2.32. The van der Waals surface area contributed by atoms with Crippen LogP contribution in [0.2, 0.25) is 4.34 Å². The Bertz CT molecular complexity index is 405. The first kappa shape index (κ1) is 13.0. The average Bonchev–Trinajstić information content (AvgIpc) is 2.61. The van der Waals surface area contributed by atoms with Crippen LogP contribution in [-0.4, -0.2) is 24.0 Å². The predicted octanol–water partition coefficient (Wildman–Crippen LogP) is 2.48. The van der Waals surface area contributed by atoms with Crippen molar-refractivity contribution in [1.82, 2.24) is 0 Å². The summed E-state index contributed by atoms with van der Waals surface area (Å²) in [6, 6.07) is 3.44. The van der Waals surface area contributed by atoms with E-state index in [1.807, 2.05) is 0 Å². The van der Waals surface area contributed by atoms with E-state index in [1.165, 1.54) is 16.2 Å². The molecule has 1 unspecified atom stereocenters. The van der Waals surface area contributed by atoms with E-state index in [-0.39, 0.29) is 12.3 Å². The molecule has 0 radical (unpaired) electrons. The molecule has 0 aliphatic heterocycles. The number of rotatable bonds is 4. The minimum absolute atomic E-state index is 0.164. The Morgan fingerprint density at radius 3 is 2.62 bits per heavy atom. The lowest BCUT2D eigenvalue weighted by Gasteiger charge is -2.18. The summed E-state index contributed by atoms with van der Waals surface area (Å²) in [6.07, 6.45) is -0.164. The molecule has 1 N–H and O–H groups in total. The van der Waals surface area contributed by atoms with E-state index >= 15 is 0 Å². The van der Waals surface area contributed by atoms with E-state index in [2.05, 4.69) is 0 Å². The number of nitrogens with zero attached hydrogens (tertiary/aromatic N) is 1. The molecule has 0 aliphatic rings. The Hall–Kier alpha value is -1.07. The minimum atomic E-state index is -0.974. The van der Waals surface area contributed by atoms with Gasteiger partial charge < -0.3 is 10.0 Å². The molecule has 0 fully saturated rings. The minimum Gasteiger partial charge on any atom is -0.481 e. The van der Waals surface area contributed by atoms with Crippen molar-refractivity contribution in [3.63, 3.8) is 0 Å². The summed E-state index contributed by atoms with van der Waals surface area (Å²) in [5.41, 5.74) is 0. The van der Waals surface area contributed by atoms with Gasteiger partial charge in [0, 0.05) is 13.0 Å². The number of carbonyl (C=O) groups excluding carboxylic acids is 1. The molecule has 88 valence electrons. The molecular weight excluding hydrogens is 250 g/mol. The summed E-state index contributed by atoms with van der Waals surface area (Å²) in [4.78, 5) is 23.7. The molecule has 0 bridgehead atoms. The quantitative estimate of drug-likeness (QED) is 0.906.